The van der Waals surface area contributed by atoms with Gasteiger partial charge in [-0.3, -0.25) is 4.79 Å². The first-order chi connectivity index (χ1) is 9.11. The van der Waals surface area contributed by atoms with Crippen molar-refractivity contribution in [1.82, 2.24) is 10.2 Å². The third-order valence-corrected chi connectivity index (χ3v) is 2.63. The molecule has 1 aromatic rings. The molecule has 2 N–H and O–H groups in total. The molecule has 0 saturated heterocycles. The van der Waals surface area contributed by atoms with Crippen LogP contribution in [0.1, 0.15) is 6.42 Å². The van der Waals surface area contributed by atoms with Crippen molar-refractivity contribution in [3.05, 3.63) is 24.3 Å². The molecule has 1 amide bonds. The summed E-state index contributed by atoms with van der Waals surface area (Å²) in [7, 11) is 5.60. The van der Waals surface area contributed by atoms with E-state index in [4.69, 9.17) is 4.74 Å². The lowest BCUT2D eigenvalue weighted by Crippen LogP contribution is -2.32. The van der Waals surface area contributed by atoms with Gasteiger partial charge in [-0.25, -0.2) is 0 Å². The molecule has 0 atom stereocenters. The average molecular weight is 265 g/mol. The Kier molecular flexibility index (Phi) is 6.74. The molecule has 19 heavy (non-hydrogen) atoms. The van der Waals surface area contributed by atoms with Gasteiger partial charge in [0.2, 0.25) is 5.91 Å². The second-order valence-corrected chi connectivity index (χ2v) is 4.56. The highest BCUT2D eigenvalue weighted by atomic mass is 16.5. The summed E-state index contributed by atoms with van der Waals surface area (Å²) in [5.74, 6) is 0.873. The fourth-order valence-corrected chi connectivity index (χ4v) is 1.56. The van der Waals surface area contributed by atoms with E-state index in [2.05, 4.69) is 10.6 Å². The molecule has 5 nitrogen and oxygen atoms in total. The lowest BCUT2D eigenvalue weighted by molar-refractivity contribution is -0.120. The van der Waals surface area contributed by atoms with Crippen LogP contribution < -0.4 is 15.4 Å². The van der Waals surface area contributed by atoms with Crippen molar-refractivity contribution in [2.75, 3.05) is 46.2 Å². The highest BCUT2D eigenvalue weighted by Crippen LogP contribution is 2.16. The largest absolute Gasteiger partial charge is 0.497 e. The molecule has 5 heteroatoms. The van der Waals surface area contributed by atoms with E-state index < -0.39 is 0 Å². The Balaban J connectivity index is 2.20. The molecule has 0 aliphatic rings. The molecule has 1 rings (SSSR count). The number of benzene rings is 1. The van der Waals surface area contributed by atoms with Crippen LogP contribution in [0.2, 0.25) is 0 Å². The first-order valence-electron chi connectivity index (χ1n) is 6.41. The van der Waals surface area contributed by atoms with Crippen LogP contribution in [0.3, 0.4) is 0 Å². The van der Waals surface area contributed by atoms with Gasteiger partial charge in [-0.05, 0) is 26.2 Å². The van der Waals surface area contributed by atoms with Crippen LogP contribution in [0.4, 0.5) is 5.69 Å². The Labute approximate surface area is 114 Å². The maximum Gasteiger partial charge on any atom is 0.221 e. The summed E-state index contributed by atoms with van der Waals surface area (Å²) in [5.41, 5.74) is 0.959. The number of carbonyl (C=O) groups excluding carboxylic acids is 1. The Hall–Kier alpha value is -1.75. The molecule has 0 heterocycles. The number of nitrogens with one attached hydrogen (secondary N) is 2. The monoisotopic (exact) mass is 265 g/mol. The Morgan fingerprint density at radius 2 is 2.11 bits per heavy atom. The molecule has 0 aromatic heterocycles. The summed E-state index contributed by atoms with van der Waals surface area (Å²) in [5, 5.41) is 6.08. The van der Waals surface area contributed by atoms with E-state index in [1.807, 2.05) is 43.3 Å². The van der Waals surface area contributed by atoms with Gasteiger partial charge >= 0.3 is 0 Å². The zero-order valence-corrected chi connectivity index (χ0v) is 11.9. The highest BCUT2D eigenvalue weighted by Gasteiger charge is 2.01. The van der Waals surface area contributed by atoms with Crippen molar-refractivity contribution in [1.29, 1.82) is 0 Å². The number of anilines is 1. The maximum absolute atomic E-state index is 11.5. The van der Waals surface area contributed by atoms with Crippen molar-refractivity contribution in [2.24, 2.45) is 0 Å². The fraction of sp³-hybridized carbons (Fsp3) is 0.500. The summed E-state index contributed by atoms with van der Waals surface area (Å²) < 4.78 is 5.13. The number of amides is 1. The molecule has 0 aliphatic heterocycles. The van der Waals surface area contributed by atoms with Gasteiger partial charge in [-0.1, -0.05) is 6.07 Å². The van der Waals surface area contributed by atoms with E-state index in [0.29, 0.717) is 19.5 Å². The number of hydrogen-bond acceptors (Lipinski definition) is 4. The standard InChI is InChI=1S/C14H23N3O2/c1-17(2)10-9-16-14(18)7-8-15-12-5-4-6-13(11-12)19-3/h4-6,11,15H,7-10H2,1-3H3,(H,16,18). The van der Waals surface area contributed by atoms with E-state index >= 15 is 0 Å². The van der Waals surface area contributed by atoms with Crippen LogP contribution in [0.5, 0.6) is 5.75 Å². The molecule has 0 radical (unpaired) electrons. The van der Waals surface area contributed by atoms with Crippen molar-refractivity contribution in [3.8, 4) is 5.75 Å². The summed E-state index contributed by atoms with van der Waals surface area (Å²) in [6, 6.07) is 7.66. The van der Waals surface area contributed by atoms with E-state index in [0.717, 1.165) is 18.0 Å². The van der Waals surface area contributed by atoms with Gasteiger partial charge in [0.05, 0.1) is 7.11 Å². The molecule has 106 valence electrons. The topological polar surface area (TPSA) is 53.6 Å². The van der Waals surface area contributed by atoms with Crippen LogP contribution in [0.15, 0.2) is 24.3 Å². The van der Waals surface area contributed by atoms with E-state index in [-0.39, 0.29) is 5.91 Å². The number of methoxy groups -OCH3 is 1. The number of ether oxygens (including phenoxy) is 1. The highest BCUT2D eigenvalue weighted by molar-refractivity contribution is 5.76. The minimum Gasteiger partial charge on any atom is -0.497 e. The number of nitrogens with zero attached hydrogens (tertiary/aromatic N) is 1. The molecule has 0 aliphatic carbocycles. The quantitative estimate of drug-likeness (QED) is 0.741. The normalized spacial score (nSPS) is 10.3. The molecule has 0 unspecified atom stereocenters. The predicted octanol–water partition coefficient (Wildman–Crippen LogP) is 1.17. The van der Waals surface area contributed by atoms with Crippen molar-refractivity contribution >= 4 is 11.6 Å². The van der Waals surface area contributed by atoms with E-state index in [9.17, 15) is 4.79 Å². The van der Waals surface area contributed by atoms with Gasteiger partial charge in [0.15, 0.2) is 0 Å². The van der Waals surface area contributed by atoms with E-state index in [1.54, 1.807) is 7.11 Å². The molecular formula is C14H23N3O2. The number of carbonyl (C=O) groups is 1. The van der Waals surface area contributed by atoms with Crippen LogP contribution >= 0.6 is 0 Å². The SMILES string of the molecule is COc1cccc(NCCC(=O)NCCN(C)C)c1. The number of hydrogen-bond donors (Lipinski definition) is 2. The van der Waals surface area contributed by atoms with Gasteiger partial charge in [-0.2, -0.15) is 0 Å². The third-order valence-electron chi connectivity index (χ3n) is 2.63. The van der Waals surface area contributed by atoms with Crippen LogP contribution in [-0.2, 0) is 4.79 Å². The molecule has 1 aromatic carbocycles. The van der Waals surface area contributed by atoms with Crippen LogP contribution in [-0.4, -0.2) is 51.6 Å². The minimum atomic E-state index is 0.0669. The molecule has 0 saturated carbocycles. The van der Waals surface area contributed by atoms with Crippen molar-refractivity contribution in [3.63, 3.8) is 0 Å². The van der Waals surface area contributed by atoms with Crippen molar-refractivity contribution < 1.29 is 9.53 Å². The Bertz CT molecular complexity index is 394. The predicted molar refractivity (Wildman–Crippen MR) is 77.7 cm³/mol. The second kappa shape index (κ2) is 8.37. The number of rotatable bonds is 8. The molecule has 0 bridgehead atoms. The summed E-state index contributed by atoms with van der Waals surface area (Å²) in [4.78, 5) is 13.6. The average Bonchev–Trinajstić information content (AvgIpc) is 2.38. The zero-order chi connectivity index (χ0) is 14.1. The summed E-state index contributed by atoms with van der Waals surface area (Å²) in [6.45, 7) is 2.15. The first-order valence-corrected chi connectivity index (χ1v) is 6.41. The van der Waals surface area contributed by atoms with Gasteiger partial charge in [0.25, 0.3) is 0 Å². The Morgan fingerprint density at radius 1 is 1.32 bits per heavy atom. The van der Waals surface area contributed by atoms with E-state index in [1.165, 1.54) is 0 Å². The minimum absolute atomic E-state index is 0.0669. The van der Waals surface area contributed by atoms with Gasteiger partial charge in [0, 0.05) is 37.8 Å². The van der Waals surface area contributed by atoms with Gasteiger partial charge in [0.1, 0.15) is 5.75 Å². The molecular weight excluding hydrogens is 242 g/mol. The summed E-state index contributed by atoms with van der Waals surface area (Å²) in [6.07, 6.45) is 0.463. The smallest absolute Gasteiger partial charge is 0.221 e. The third kappa shape index (κ3) is 6.67. The van der Waals surface area contributed by atoms with Crippen molar-refractivity contribution in [2.45, 2.75) is 6.42 Å². The van der Waals surface area contributed by atoms with Gasteiger partial charge < -0.3 is 20.3 Å². The number of likely N-dealkylation sites (N-methyl/N-ethyl adjacent to an activating group) is 1. The first kappa shape index (κ1) is 15.3. The Morgan fingerprint density at radius 3 is 2.79 bits per heavy atom. The van der Waals surface area contributed by atoms with Crippen LogP contribution in [0, 0.1) is 0 Å². The molecule has 0 spiro atoms. The van der Waals surface area contributed by atoms with Gasteiger partial charge in [-0.15, -0.1) is 0 Å². The zero-order valence-electron chi connectivity index (χ0n) is 11.9. The van der Waals surface area contributed by atoms with Crippen LogP contribution in [0.25, 0.3) is 0 Å². The summed E-state index contributed by atoms with van der Waals surface area (Å²) >= 11 is 0. The lowest BCUT2D eigenvalue weighted by Gasteiger charge is -2.11. The maximum atomic E-state index is 11.5. The molecule has 0 fully saturated rings. The fourth-order valence-electron chi connectivity index (χ4n) is 1.56. The lowest BCUT2D eigenvalue weighted by atomic mass is 10.3. The second-order valence-electron chi connectivity index (χ2n) is 4.56.